The largest absolute Gasteiger partial charge is 0.478 e. The van der Waals surface area contributed by atoms with Crippen molar-refractivity contribution in [3.8, 4) is 0 Å². The molecule has 0 saturated carbocycles. The first-order valence-electron chi connectivity index (χ1n) is 5.58. The van der Waals surface area contributed by atoms with Crippen molar-refractivity contribution in [1.29, 1.82) is 0 Å². The van der Waals surface area contributed by atoms with E-state index in [9.17, 15) is 9.59 Å². The molecular weight excluding hydrogens is 282 g/mol. The van der Waals surface area contributed by atoms with Gasteiger partial charge >= 0.3 is 11.9 Å². The summed E-state index contributed by atoms with van der Waals surface area (Å²) in [6, 6.07) is 4.78. The summed E-state index contributed by atoms with van der Waals surface area (Å²) in [7, 11) is 1.29. The van der Waals surface area contributed by atoms with E-state index in [1.165, 1.54) is 37.4 Å². The van der Waals surface area contributed by atoms with Gasteiger partial charge in [0.2, 0.25) is 5.76 Å². The molecule has 0 atom stereocenters. The number of pyridine rings is 1. The highest BCUT2D eigenvalue weighted by Crippen LogP contribution is 2.24. The van der Waals surface area contributed by atoms with Crippen LogP contribution in [0.25, 0.3) is 0 Å². The van der Waals surface area contributed by atoms with Gasteiger partial charge in [0.25, 0.3) is 0 Å². The number of hydrogen-bond acceptors (Lipinski definition) is 6. The van der Waals surface area contributed by atoms with Crippen LogP contribution in [0.5, 0.6) is 0 Å². The smallest absolute Gasteiger partial charge is 0.374 e. The SMILES string of the molecule is COC(=O)c1occc1CSc1ccc(C(=O)O)cn1. The number of carboxylic acid groups (broad SMARTS) is 1. The number of aromatic carboxylic acids is 1. The van der Waals surface area contributed by atoms with Crippen molar-refractivity contribution in [1.82, 2.24) is 4.98 Å². The fourth-order valence-electron chi connectivity index (χ4n) is 1.47. The van der Waals surface area contributed by atoms with Crippen LogP contribution in [0.15, 0.2) is 40.1 Å². The first kappa shape index (κ1) is 14.1. The molecule has 2 heterocycles. The third-order valence-electron chi connectivity index (χ3n) is 2.48. The Bertz CT molecular complexity index is 620. The Hall–Kier alpha value is -2.28. The van der Waals surface area contributed by atoms with Crippen molar-refractivity contribution in [2.75, 3.05) is 7.11 Å². The minimum Gasteiger partial charge on any atom is -0.478 e. The highest BCUT2D eigenvalue weighted by atomic mass is 32.2. The molecule has 7 heteroatoms. The van der Waals surface area contributed by atoms with E-state index >= 15 is 0 Å². The fourth-order valence-corrected chi connectivity index (χ4v) is 2.29. The molecule has 0 amide bonds. The maximum Gasteiger partial charge on any atom is 0.374 e. The van der Waals surface area contributed by atoms with Crippen molar-refractivity contribution in [2.45, 2.75) is 10.8 Å². The van der Waals surface area contributed by atoms with Crippen molar-refractivity contribution in [3.63, 3.8) is 0 Å². The molecule has 2 aromatic rings. The normalized spacial score (nSPS) is 10.2. The molecule has 104 valence electrons. The molecule has 2 aromatic heterocycles. The summed E-state index contributed by atoms with van der Waals surface area (Å²) in [4.78, 5) is 26.1. The van der Waals surface area contributed by atoms with Crippen LogP contribution in [0.4, 0.5) is 0 Å². The van der Waals surface area contributed by atoms with Gasteiger partial charge in [-0.3, -0.25) is 0 Å². The molecule has 0 radical (unpaired) electrons. The quantitative estimate of drug-likeness (QED) is 0.669. The van der Waals surface area contributed by atoms with Crippen LogP contribution in [0.3, 0.4) is 0 Å². The molecule has 0 spiro atoms. The Morgan fingerprint density at radius 2 is 2.20 bits per heavy atom. The van der Waals surface area contributed by atoms with Crippen molar-refractivity contribution >= 4 is 23.7 Å². The number of nitrogens with zero attached hydrogens (tertiary/aromatic N) is 1. The van der Waals surface area contributed by atoms with Crippen molar-refractivity contribution < 1.29 is 23.8 Å². The first-order chi connectivity index (χ1) is 9.61. The van der Waals surface area contributed by atoms with Gasteiger partial charge in [-0.25, -0.2) is 14.6 Å². The summed E-state index contributed by atoms with van der Waals surface area (Å²) in [5, 5.41) is 9.43. The molecule has 2 rings (SSSR count). The molecule has 0 unspecified atom stereocenters. The highest BCUT2D eigenvalue weighted by Gasteiger charge is 2.16. The van der Waals surface area contributed by atoms with Gasteiger partial charge in [-0.1, -0.05) is 0 Å². The number of carboxylic acids is 1. The number of esters is 1. The molecular formula is C13H11NO5S. The fraction of sp³-hybridized carbons (Fsp3) is 0.154. The van der Waals surface area contributed by atoms with Gasteiger partial charge in [-0.2, -0.15) is 0 Å². The maximum atomic E-state index is 11.4. The lowest BCUT2D eigenvalue weighted by molar-refractivity contribution is 0.0563. The third kappa shape index (κ3) is 3.18. The van der Waals surface area contributed by atoms with E-state index < -0.39 is 11.9 Å². The molecule has 0 aliphatic carbocycles. The van der Waals surface area contributed by atoms with Gasteiger partial charge in [0.1, 0.15) is 0 Å². The summed E-state index contributed by atoms with van der Waals surface area (Å²) >= 11 is 1.37. The monoisotopic (exact) mass is 293 g/mol. The van der Waals surface area contributed by atoms with Crippen LogP contribution in [0, 0.1) is 0 Å². The zero-order valence-corrected chi connectivity index (χ0v) is 11.3. The Kier molecular flexibility index (Phi) is 4.41. The number of hydrogen-bond donors (Lipinski definition) is 1. The predicted octanol–water partition coefficient (Wildman–Crippen LogP) is 2.45. The second-order valence-electron chi connectivity index (χ2n) is 3.75. The van der Waals surface area contributed by atoms with E-state index in [0.29, 0.717) is 16.3 Å². The number of carbonyl (C=O) groups excluding carboxylic acids is 1. The Balaban J connectivity index is 2.04. The number of rotatable bonds is 5. The van der Waals surface area contributed by atoms with Gasteiger partial charge in [-0.05, 0) is 18.2 Å². The molecule has 0 bridgehead atoms. The topological polar surface area (TPSA) is 89.6 Å². The summed E-state index contributed by atoms with van der Waals surface area (Å²) in [5.74, 6) is -0.904. The predicted molar refractivity (Wildman–Crippen MR) is 70.8 cm³/mol. The van der Waals surface area contributed by atoms with Gasteiger partial charge in [0, 0.05) is 17.5 Å². The Morgan fingerprint density at radius 3 is 2.80 bits per heavy atom. The lowest BCUT2D eigenvalue weighted by atomic mass is 10.3. The first-order valence-corrected chi connectivity index (χ1v) is 6.57. The molecule has 6 nitrogen and oxygen atoms in total. The number of aromatic nitrogens is 1. The lowest BCUT2D eigenvalue weighted by Gasteiger charge is -2.02. The standard InChI is InChI=1S/C13H11NO5S/c1-18-13(17)11-9(4-5-19-11)7-20-10-3-2-8(6-14-10)12(15)16/h2-6H,7H2,1H3,(H,15,16). The Labute approximate surface area is 118 Å². The van der Waals surface area contributed by atoms with E-state index in [1.54, 1.807) is 12.1 Å². The molecule has 0 aromatic carbocycles. The number of methoxy groups -OCH3 is 1. The van der Waals surface area contributed by atoms with Crippen LogP contribution in [0.1, 0.15) is 26.5 Å². The molecule has 0 aliphatic rings. The number of carbonyl (C=O) groups is 2. The van der Waals surface area contributed by atoms with Gasteiger partial charge in [-0.15, -0.1) is 11.8 Å². The van der Waals surface area contributed by atoms with Crippen LogP contribution in [0.2, 0.25) is 0 Å². The van der Waals surface area contributed by atoms with E-state index in [0.717, 1.165) is 0 Å². The molecule has 0 fully saturated rings. The highest BCUT2D eigenvalue weighted by molar-refractivity contribution is 7.98. The molecule has 0 aliphatic heterocycles. The average Bonchev–Trinajstić information content (AvgIpc) is 2.93. The van der Waals surface area contributed by atoms with E-state index in [-0.39, 0.29) is 11.3 Å². The van der Waals surface area contributed by atoms with Gasteiger partial charge in [0.05, 0.1) is 24.0 Å². The van der Waals surface area contributed by atoms with Crippen LogP contribution in [-0.4, -0.2) is 29.1 Å². The van der Waals surface area contributed by atoms with Crippen LogP contribution < -0.4 is 0 Å². The van der Waals surface area contributed by atoms with E-state index in [4.69, 9.17) is 9.52 Å². The van der Waals surface area contributed by atoms with E-state index in [2.05, 4.69) is 9.72 Å². The zero-order valence-electron chi connectivity index (χ0n) is 10.5. The van der Waals surface area contributed by atoms with Crippen LogP contribution >= 0.6 is 11.8 Å². The summed E-state index contributed by atoms with van der Waals surface area (Å²) < 4.78 is 9.68. The maximum absolute atomic E-state index is 11.4. The lowest BCUT2D eigenvalue weighted by Crippen LogP contribution is -2.02. The van der Waals surface area contributed by atoms with Crippen LogP contribution in [-0.2, 0) is 10.5 Å². The number of ether oxygens (including phenoxy) is 1. The summed E-state index contributed by atoms with van der Waals surface area (Å²) in [6.45, 7) is 0. The average molecular weight is 293 g/mol. The number of thioether (sulfide) groups is 1. The molecule has 20 heavy (non-hydrogen) atoms. The second kappa shape index (κ2) is 6.25. The van der Waals surface area contributed by atoms with Crippen molar-refractivity contribution in [2.24, 2.45) is 0 Å². The minimum absolute atomic E-state index is 0.132. The summed E-state index contributed by atoms with van der Waals surface area (Å²) in [6.07, 6.45) is 2.71. The molecule has 0 saturated heterocycles. The summed E-state index contributed by atoms with van der Waals surface area (Å²) in [5.41, 5.74) is 0.832. The zero-order chi connectivity index (χ0) is 14.5. The number of furan rings is 1. The third-order valence-corrected chi connectivity index (χ3v) is 3.47. The second-order valence-corrected chi connectivity index (χ2v) is 4.74. The van der Waals surface area contributed by atoms with Gasteiger partial charge < -0.3 is 14.3 Å². The van der Waals surface area contributed by atoms with E-state index in [1.807, 2.05) is 0 Å². The molecule has 1 N–H and O–H groups in total. The van der Waals surface area contributed by atoms with Crippen molar-refractivity contribution in [3.05, 3.63) is 47.5 Å². The Morgan fingerprint density at radius 1 is 1.40 bits per heavy atom. The van der Waals surface area contributed by atoms with Gasteiger partial charge in [0.15, 0.2) is 0 Å². The minimum atomic E-state index is -1.02.